The second-order valence-electron chi connectivity index (χ2n) is 5.93. The third kappa shape index (κ3) is 2.04. The van der Waals surface area contributed by atoms with Crippen molar-refractivity contribution in [3.05, 3.63) is 52.5 Å². The molecule has 1 aromatic carbocycles. The molecule has 1 aliphatic heterocycles. The van der Waals surface area contributed by atoms with Gasteiger partial charge in [-0.25, -0.2) is 0 Å². The molecule has 0 saturated carbocycles. The molecule has 24 heavy (non-hydrogen) atoms. The van der Waals surface area contributed by atoms with E-state index in [9.17, 15) is 14.7 Å². The van der Waals surface area contributed by atoms with Crippen molar-refractivity contribution in [3.8, 4) is 5.75 Å². The van der Waals surface area contributed by atoms with Crippen LogP contribution in [0.1, 0.15) is 17.9 Å². The van der Waals surface area contributed by atoms with Crippen LogP contribution < -0.4 is 0 Å². The third-order valence-electron chi connectivity index (χ3n) is 4.72. The number of rotatable bonds is 2. The lowest BCUT2D eigenvalue weighted by Gasteiger charge is -2.42. The van der Waals surface area contributed by atoms with E-state index in [1.54, 1.807) is 24.3 Å². The van der Waals surface area contributed by atoms with Crippen molar-refractivity contribution in [2.24, 2.45) is 0 Å². The van der Waals surface area contributed by atoms with Crippen LogP contribution in [0, 0.1) is 0 Å². The molecule has 3 atom stereocenters. The summed E-state index contributed by atoms with van der Waals surface area (Å²) in [6.45, 7) is 3.77. The number of hydrogen-bond acceptors (Lipinski definition) is 3. The lowest BCUT2D eigenvalue weighted by molar-refractivity contribution is -0.137. The molecule has 1 N–H and O–H groups in total. The fraction of sp³-hybridized carbons (Fsp3) is 0.294. The zero-order valence-electron chi connectivity index (χ0n) is 12.7. The fourth-order valence-electron chi connectivity index (χ4n) is 3.47. The number of likely N-dealkylation sites (tertiary alicyclic amines) is 1. The van der Waals surface area contributed by atoms with Crippen molar-refractivity contribution < 1.29 is 14.7 Å². The van der Waals surface area contributed by atoms with Gasteiger partial charge < -0.3 is 5.11 Å². The minimum absolute atomic E-state index is 0.0355. The Kier molecular flexibility index (Phi) is 4.10. The Labute approximate surface area is 157 Å². The first-order valence-corrected chi connectivity index (χ1v) is 8.74. The number of amides is 2. The van der Waals surface area contributed by atoms with Crippen LogP contribution in [0.25, 0.3) is 0 Å². The highest BCUT2D eigenvalue weighted by atomic mass is 79.9. The summed E-state index contributed by atoms with van der Waals surface area (Å²) >= 11 is 16.7. The lowest BCUT2D eigenvalue weighted by Crippen LogP contribution is -2.54. The van der Waals surface area contributed by atoms with E-state index in [1.807, 2.05) is 0 Å². The fourth-order valence-corrected chi connectivity index (χ4v) is 4.77. The first-order chi connectivity index (χ1) is 11.2. The van der Waals surface area contributed by atoms with Crippen LogP contribution >= 0.6 is 39.1 Å². The second kappa shape index (κ2) is 5.61. The molecule has 1 saturated heterocycles. The summed E-state index contributed by atoms with van der Waals surface area (Å²) in [7, 11) is 1.36. The van der Waals surface area contributed by atoms with Crippen LogP contribution in [-0.4, -0.2) is 38.6 Å². The number of fused-ring (bicyclic) bond motifs is 1. The van der Waals surface area contributed by atoms with Crippen LogP contribution in [0.15, 0.2) is 47.0 Å². The average molecular weight is 431 g/mol. The average Bonchev–Trinajstić information content (AvgIpc) is 2.69. The lowest BCUT2D eigenvalue weighted by atomic mass is 9.68. The number of carbonyl (C=O) groups is 2. The maximum atomic E-state index is 12.9. The highest BCUT2D eigenvalue weighted by Gasteiger charge is 2.72. The summed E-state index contributed by atoms with van der Waals surface area (Å²) in [4.78, 5) is 23.0. The van der Waals surface area contributed by atoms with Crippen molar-refractivity contribution in [1.82, 2.24) is 4.90 Å². The van der Waals surface area contributed by atoms with E-state index in [0.717, 1.165) is 4.90 Å². The zero-order valence-corrected chi connectivity index (χ0v) is 15.8. The molecule has 1 aliphatic carbocycles. The number of benzene rings is 1. The highest BCUT2D eigenvalue weighted by molar-refractivity contribution is 9.10. The largest absolute Gasteiger partial charge is 0.508 e. The zero-order chi connectivity index (χ0) is 17.9. The minimum Gasteiger partial charge on any atom is -0.508 e. The number of allylic oxidation sites excluding steroid dienone is 3. The Hall–Kier alpha value is -1.30. The number of alkyl halides is 2. The van der Waals surface area contributed by atoms with Gasteiger partial charge in [0.1, 0.15) is 5.75 Å². The predicted octanol–water partition coefficient (Wildman–Crippen LogP) is 3.71. The van der Waals surface area contributed by atoms with Crippen molar-refractivity contribution in [2.45, 2.75) is 22.1 Å². The van der Waals surface area contributed by atoms with Gasteiger partial charge in [-0.1, -0.05) is 34.7 Å². The van der Waals surface area contributed by atoms with Gasteiger partial charge in [-0.15, -0.1) is 23.2 Å². The molecule has 4 nitrogen and oxygen atoms in total. The Morgan fingerprint density at radius 3 is 2.67 bits per heavy atom. The molecule has 0 bridgehead atoms. The van der Waals surface area contributed by atoms with Gasteiger partial charge in [0.2, 0.25) is 0 Å². The maximum Gasteiger partial charge on any atom is 0.253 e. The Morgan fingerprint density at radius 2 is 2.04 bits per heavy atom. The standard InChI is InChI=1S/C17H14BrCl2NO3/c1-3-9-6-7-16(19)14(23)21(2)15(24)17(16,20)13(9)11-8-10(18)4-5-12(11)22/h3-6,8,13,22H,1,7H2,2H3/t13-,16-,17+/m1/s1. The van der Waals surface area contributed by atoms with Crippen LogP contribution in [-0.2, 0) is 9.59 Å². The van der Waals surface area contributed by atoms with Crippen molar-refractivity contribution in [2.75, 3.05) is 7.05 Å². The van der Waals surface area contributed by atoms with E-state index in [2.05, 4.69) is 22.5 Å². The minimum atomic E-state index is -1.74. The Bertz CT molecular complexity index is 809. The van der Waals surface area contributed by atoms with Crippen LogP contribution in [0.3, 0.4) is 0 Å². The van der Waals surface area contributed by atoms with Crippen LogP contribution in [0.5, 0.6) is 5.75 Å². The number of phenolic OH excluding ortho intramolecular Hbond substituents is 1. The SMILES string of the molecule is C=CC1=CC[C@@]2(Cl)C(=O)N(C)C(=O)[C@@]2(Cl)[C@H]1c1cc(Br)ccc1O. The van der Waals surface area contributed by atoms with Gasteiger partial charge >= 0.3 is 0 Å². The number of nitrogens with zero attached hydrogens (tertiary/aromatic N) is 1. The van der Waals surface area contributed by atoms with E-state index in [0.29, 0.717) is 15.6 Å². The van der Waals surface area contributed by atoms with Gasteiger partial charge in [-0.05, 0) is 30.2 Å². The summed E-state index contributed by atoms with van der Waals surface area (Å²) in [5.41, 5.74) is 1.05. The van der Waals surface area contributed by atoms with Gasteiger partial charge in [0.25, 0.3) is 11.8 Å². The molecule has 2 aliphatic rings. The van der Waals surface area contributed by atoms with E-state index in [-0.39, 0.29) is 12.2 Å². The number of phenols is 1. The van der Waals surface area contributed by atoms with E-state index >= 15 is 0 Å². The predicted molar refractivity (Wildman–Crippen MR) is 96.4 cm³/mol. The molecule has 3 rings (SSSR count). The van der Waals surface area contributed by atoms with Crippen LogP contribution in [0.4, 0.5) is 0 Å². The molecule has 0 spiro atoms. The van der Waals surface area contributed by atoms with Crippen molar-refractivity contribution in [1.29, 1.82) is 0 Å². The molecule has 0 unspecified atom stereocenters. The van der Waals surface area contributed by atoms with Gasteiger partial charge in [0.05, 0.1) is 0 Å². The maximum absolute atomic E-state index is 12.9. The Balaban J connectivity index is 2.33. The number of carbonyl (C=O) groups excluding carboxylic acids is 2. The molecule has 126 valence electrons. The summed E-state index contributed by atoms with van der Waals surface area (Å²) in [5.74, 6) is -1.96. The molecule has 2 amide bonds. The topological polar surface area (TPSA) is 57.6 Å². The Morgan fingerprint density at radius 1 is 1.38 bits per heavy atom. The molecule has 1 heterocycles. The molecule has 0 aromatic heterocycles. The summed E-state index contributed by atoms with van der Waals surface area (Å²) < 4.78 is 0.704. The second-order valence-corrected chi connectivity index (χ2v) is 8.09. The summed E-state index contributed by atoms with van der Waals surface area (Å²) in [6, 6.07) is 4.83. The van der Waals surface area contributed by atoms with Gasteiger partial charge in [0, 0.05) is 23.0 Å². The number of halogens is 3. The number of imide groups is 1. The van der Waals surface area contributed by atoms with Gasteiger partial charge in [0.15, 0.2) is 9.75 Å². The summed E-state index contributed by atoms with van der Waals surface area (Å²) in [5, 5.41) is 10.3. The smallest absolute Gasteiger partial charge is 0.253 e. The van der Waals surface area contributed by atoms with Gasteiger partial charge in [-0.2, -0.15) is 0 Å². The summed E-state index contributed by atoms with van der Waals surface area (Å²) in [6.07, 6.45) is 3.43. The van der Waals surface area contributed by atoms with E-state index < -0.39 is 27.5 Å². The number of hydrogen-bond donors (Lipinski definition) is 1. The molecule has 7 heteroatoms. The van der Waals surface area contributed by atoms with Crippen molar-refractivity contribution >= 4 is 50.9 Å². The third-order valence-corrected chi connectivity index (χ3v) is 6.63. The first kappa shape index (κ1) is 17.5. The normalized spacial score (nSPS) is 32.6. The van der Waals surface area contributed by atoms with Crippen LogP contribution in [0.2, 0.25) is 0 Å². The molecular formula is C17H14BrCl2NO3. The van der Waals surface area contributed by atoms with E-state index in [1.165, 1.54) is 13.1 Å². The highest BCUT2D eigenvalue weighted by Crippen LogP contribution is 2.59. The first-order valence-electron chi connectivity index (χ1n) is 7.19. The number of aromatic hydroxyl groups is 1. The molecule has 1 fully saturated rings. The molecule has 0 radical (unpaired) electrons. The van der Waals surface area contributed by atoms with Gasteiger partial charge in [-0.3, -0.25) is 14.5 Å². The van der Waals surface area contributed by atoms with E-state index in [4.69, 9.17) is 23.2 Å². The monoisotopic (exact) mass is 429 g/mol. The van der Waals surface area contributed by atoms with Crippen molar-refractivity contribution in [3.63, 3.8) is 0 Å². The molecule has 1 aromatic rings. The molecular weight excluding hydrogens is 417 g/mol. The quantitative estimate of drug-likeness (QED) is 0.574.